The number of aliphatic hydroxyl groups excluding tert-OH is 1. The van der Waals surface area contributed by atoms with Crippen LogP contribution >= 0.6 is 0 Å². The molecule has 0 fully saturated rings. The molecule has 0 aliphatic rings. The Hall–Kier alpha value is -1.86. The van der Waals surface area contributed by atoms with Crippen molar-refractivity contribution in [2.45, 2.75) is 25.9 Å². The van der Waals surface area contributed by atoms with E-state index in [0.717, 1.165) is 23.4 Å². The van der Waals surface area contributed by atoms with Crippen LogP contribution in [0.2, 0.25) is 0 Å². The predicted octanol–water partition coefficient (Wildman–Crippen LogP) is 2.53. The SMILES string of the molecule is Cc1c(C(C)NC(CO)c2cc(F)c(F)c(F)c2)cnn1C. The van der Waals surface area contributed by atoms with Crippen LogP contribution in [0.25, 0.3) is 0 Å². The molecule has 120 valence electrons. The van der Waals surface area contributed by atoms with Crippen LogP contribution in [-0.4, -0.2) is 21.5 Å². The highest BCUT2D eigenvalue weighted by atomic mass is 19.2. The molecule has 2 aromatic rings. The molecule has 2 atom stereocenters. The van der Waals surface area contributed by atoms with Crippen molar-refractivity contribution < 1.29 is 18.3 Å². The summed E-state index contributed by atoms with van der Waals surface area (Å²) in [5.41, 5.74) is 1.99. The van der Waals surface area contributed by atoms with Gasteiger partial charge in [0, 0.05) is 24.3 Å². The van der Waals surface area contributed by atoms with E-state index in [1.54, 1.807) is 17.9 Å². The van der Waals surface area contributed by atoms with Crippen LogP contribution in [0.5, 0.6) is 0 Å². The Balaban J connectivity index is 2.24. The Labute approximate surface area is 126 Å². The van der Waals surface area contributed by atoms with E-state index in [4.69, 9.17) is 0 Å². The molecule has 0 spiro atoms. The first kappa shape index (κ1) is 16.5. The minimum Gasteiger partial charge on any atom is -0.394 e. The summed E-state index contributed by atoms with van der Waals surface area (Å²) in [4.78, 5) is 0. The predicted molar refractivity (Wildman–Crippen MR) is 75.6 cm³/mol. The number of nitrogens with one attached hydrogen (secondary N) is 1. The molecule has 0 aliphatic heterocycles. The molecule has 22 heavy (non-hydrogen) atoms. The maximum atomic E-state index is 13.3. The Kier molecular flexibility index (Phi) is 4.87. The van der Waals surface area contributed by atoms with Crippen molar-refractivity contribution in [1.82, 2.24) is 15.1 Å². The third kappa shape index (κ3) is 3.15. The Morgan fingerprint density at radius 2 is 1.86 bits per heavy atom. The third-order valence-electron chi connectivity index (χ3n) is 3.78. The van der Waals surface area contributed by atoms with Gasteiger partial charge in [0.15, 0.2) is 17.5 Å². The minimum absolute atomic E-state index is 0.146. The molecule has 0 aliphatic carbocycles. The average Bonchev–Trinajstić information content (AvgIpc) is 2.81. The second-order valence-electron chi connectivity index (χ2n) is 5.23. The van der Waals surface area contributed by atoms with E-state index >= 15 is 0 Å². The summed E-state index contributed by atoms with van der Waals surface area (Å²) in [6.45, 7) is 3.36. The lowest BCUT2D eigenvalue weighted by Crippen LogP contribution is -2.28. The quantitative estimate of drug-likeness (QED) is 0.834. The van der Waals surface area contributed by atoms with Crippen LogP contribution in [-0.2, 0) is 7.05 Å². The van der Waals surface area contributed by atoms with Gasteiger partial charge in [0.25, 0.3) is 0 Å². The Bertz CT molecular complexity index is 649. The first-order valence-corrected chi connectivity index (χ1v) is 6.85. The van der Waals surface area contributed by atoms with Crippen molar-refractivity contribution in [1.29, 1.82) is 0 Å². The van der Waals surface area contributed by atoms with Crippen molar-refractivity contribution in [2.75, 3.05) is 6.61 Å². The van der Waals surface area contributed by atoms with E-state index in [0.29, 0.717) is 0 Å². The van der Waals surface area contributed by atoms with Gasteiger partial charge in [-0.3, -0.25) is 4.68 Å². The number of hydrogen-bond acceptors (Lipinski definition) is 3. The van der Waals surface area contributed by atoms with Crippen molar-refractivity contribution in [3.05, 3.63) is 52.6 Å². The molecular formula is C15H18F3N3O. The summed E-state index contributed by atoms with van der Waals surface area (Å²) < 4.78 is 41.4. The van der Waals surface area contributed by atoms with E-state index in [-0.39, 0.29) is 18.2 Å². The van der Waals surface area contributed by atoms with Crippen LogP contribution in [0.3, 0.4) is 0 Å². The molecule has 0 saturated heterocycles. The van der Waals surface area contributed by atoms with Crippen LogP contribution in [0.15, 0.2) is 18.3 Å². The van der Waals surface area contributed by atoms with E-state index < -0.39 is 23.5 Å². The third-order valence-corrected chi connectivity index (χ3v) is 3.78. The second kappa shape index (κ2) is 6.50. The van der Waals surface area contributed by atoms with Crippen molar-refractivity contribution in [3.63, 3.8) is 0 Å². The number of aliphatic hydroxyl groups is 1. The largest absolute Gasteiger partial charge is 0.394 e. The summed E-state index contributed by atoms with van der Waals surface area (Å²) in [5.74, 6) is -4.07. The number of benzene rings is 1. The molecule has 0 bridgehead atoms. The zero-order valence-corrected chi connectivity index (χ0v) is 12.6. The van der Waals surface area contributed by atoms with Crippen molar-refractivity contribution in [3.8, 4) is 0 Å². The van der Waals surface area contributed by atoms with Gasteiger partial charge in [-0.15, -0.1) is 0 Å². The zero-order chi connectivity index (χ0) is 16.4. The molecule has 1 aromatic heterocycles. The van der Waals surface area contributed by atoms with E-state index in [1.807, 2.05) is 13.8 Å². The zero-order valence-electron chi connectivity index (χ0n) is 12.6. The molecule has 0 amide bonds. The Morgan fingerprint density at radius 1 is 1.27 bits per heavy atom. The highest BCUT2D eigenvalue weighted by Crippen LogP contribution is 2.24. The average molecular weight is 313 g/mol. The molecule has 2 N–H and O–H groups in total. The summed E-state index contributed by atoms with van der Waals surface area (Å²) >= 11 is 0. The lowest BCUT2D eigenvalue weighted by molar-refractivity contribution is 0.234. The van der Waals surface area contributed by atoms with Gasteiger partial charge in [-0.2, -0.15) is 5.10 Å². The van der Waals surface area contributed by atoms with Gasteiger partial charge >= 0.3 is 0 Å². The fraction of sp³-hybridized carbons (Fsp3) is 0.400. The summed E-state index contributed by atoms with van der Waals surface area (Å²) in [5, 5.41) is 16.7. The number of hydrogen-bond donors (Lipinski definition) is 2. The highest BCUT2D eigenvalue weighted by Gasteiger charge is 2.20. The standard InChI is InChI=1S/C15H18F3N3O/c1-8(11-6-19-21(3)9(11)2)20-14(7-22)10-4-12(16)15(18)13(17)5-10/h4-6,8,14,20,22H,7H2,1-3H3. The summed E-state index contributed by atoms with van der Waals surface area (Å²) in [6, 6.07) is 0.839. The number of aromatic nitrogens is 2. The molecule has 7 heteroatoms. The number of rotatable bonds is 5. The maximum absolute atomic E-state index is 13.3. The fourth-order valence-corrected chi connectivity index (χ4v) is 2.36. The lowest BCUT2D eigenvalue weighted by Gasteiger charge is -2.22. The smallest absolute Gasteiger partial charge is 0.194 e. The normalized spacial score (nSPS) is 14.1. The van der Waals surface area contributed by atoms with Crippen LogP contribution in [0.1, 0.15) is 35.8 Å². The molecule has 1 heterocycles. The first-order chi connectivity index (χ1) is 10.3. The summed E-state index contributed by atoms with van der Waals surface area (Å²) in [7, 11) is 1.81. The molecule has 2 unspecified atom stereocenters. The number of halogens is 3. The number of aryl methyl sites for hydroxylation is 1. The molecule has 0 saturated carbocycles. The molecular weight excluding hydrogens is 295 g/mol. The van der Waals surface area contributed by atoms with E-state index in [9.17, 15) is 18.3 Å². The maximum Gasteiger partial charge on any atom is 0.194 e. The fourth-order valence-electron chi connectivity index (χ4n) is 2.36. The van der Waals surface area contributed by atoms with E-state index in [1.165, 1.54) is 0 Å². The lowest BCUT2D eigenvalue weighted by atomic mass is 10.0. The van der Waals surface area contributed by atoms with Gasteiger partial charge in [0.05, 0.1) is 18.8 Å². The monoisotopic (exact) mass is 313 g/mol. The number of nitrogens with zero attached hydrogens (tertiary/aromatic N) is 2. The molecule has 0 radical (unpaired) electrons. The Morgan fingerprint density at radius 3 is 2.32 bits per heavy atom. The van der Waals surface area contributed by atoms with Crippen molar-refractivity contribution in [2.24, 2.45) is 7.05 Å². The van der Waals surface area contributed by atoms with Crippen LogP contribution in [0.4, 0.5) is 13.2 Å². The first-order valence-electron chi connectivity index (χ1n) is 6.85. The van der Waals surface area contributed by atoms with Crippen molar-refractivity contribution >= 4 is 0 Å². The van der Waals surface area contributed by atoms with Gasteiger partial charge < -0.3 is 10.4 Å². The van der Waals surface area contributed by atoms with Gasteiger partial charge in [0.2, 0.25) is 0 Å². The molecule has 4 nitrogen and oxygen atoms in total. The van der Waals surface area contributed by atoms with Gasteiger partial charge in [-0.25, -0.2) is 13.2 Å². The highest BCUT2D eigenvalue weighted by molar-refractivity contribution is 5.25. The van der Waals surface area contributed by atoms with Gasteiger partial charge in [0.1, 0.15) is 0 Å². The van der Waals surface area contributed by atoms with Gasteiger partial charge in [-0.1, -0.05) is 0 Å². The minimum atomic E-state index is -1.52. The van der Waals surface area contributed by atoms with Crippen LogP contribution < -0.4 is 5.32 Å². The topological polar surface area (TPSA) is 50.1 Å². The summed E-state index contributed by atoms with van der Waals surface area (Å²) in [6.07, 6.45) is 1.69. The van der Waals surface area contributed by atoms with Gasteiger partial charge in [-0.05, 0) is 31.5 Å². The second-order valence-corrected chi connectivity index (χ2v) is 5.23. The molecule has 1 aromatic carbocycles. The van der Waals surface area contributed by atoms with E-state index in [2.05, 4.69) is 10.4 Å². The molecule has 2 rings (SSSR count). The van der Waals surface area contributed by atoms with Crippen LogP contribution in [0, 0.1) is 24.4 Å².